The zero-order valence-corrected chi connectivity index (χ0v) is 9.91. The van der Waals surface area contributed by atoms with Crippen molar-refractivity contribution in [2.45, 2.75) is 6.92 Å². The maximum atomic E-state index is 11.1. The summed E-state index contributed by atoms with van der Waals surface area (Å²) in [6, 6.07) is 3.01. The highest BCUT2D eigenvalue weighted by atomic mass is 35.5. The van der Waals surface area contributed by atoms with Crippen molar-refractivity contribution in [3.05, 3.63) is 33.4 Å². The van der Waals surface area contributed by atoms with Gasteiger partial charge >= 0.3 is 5.69 Å². The SMILES string of the molecule is Cc1ccc(C(=O)Cl)c([N+](=O)[O-])c1N(C)C. The predicted octanol–water partition coefficient (Wildman–Crippen LogP) is 2.35. The number of aryl methyl sites for hydroxylation is 1. The maximum absolute atomic E-state index is 11.1. The number of nitro benzene ring substituents is 1. The van der Waals surface area contributed by atoms with Gasteiger partial charge in [-0.2, -0.15) is 0 Å². The zero-order valence-electron chi connectivity index (χ0n) is 9.15. The highest BCUT2D eigenvalue weighted by molar-refractivity contribution is 6.68. The summed E-state index contributed by atoms with van der Waals surface area (Å²) in [6.45, 7) is 1.74. The lowest BCUT2D eigenvalue weighted by molar-refractivity contribution is -0.384. The highest BCUT2D eigenvalue weighted by Crippen LogP contribution is 2.34. The van der Waals surface area contributed by atoms with Crippen LogP contribution in [0, 0.1) is 17.0 Å². The van der Waals surface area contributed by atoms with Crippen LogP contribution < -0.4 is 4.90 Å². The molecule has 16 heavy (non-hydrogen) atoms. The molecule has 6 heteroatoms. The van der Waals surface area contributed by atoms with Gasteiger partial charge in [0.25, 0.3) is 5.24 Å². The fourth-order valence-corrected chi connectivity index (χ4v) is 1.74. The van der Waals surface area contributed by atoms with E-state index < -0.39 is 10.2 Å². The van der Waals surface area contributed by atoms with Gasteiger partial charge in [-0.15, -0.1) is 0 Å². The molecule has 0 aliphatic rings. The lowest BCUT2D eigenvalue weighted by Gasteiger charge is -2.16. The molecule has 0 heterocycles. The molecular weight excluding hydrogens is 232 g/mol. The van der Waals surface area contributed by atoms with Gasteiger partial charge in [-0.3, -0.25) is 14.9 Å². The number of nitro groups is 1. The second kappa shape index (κ2) is 4.49. The standard InChI is InChI=1S/C10H11ClN2O3/c1-6-4-5-7(10(11)14)9(13(15)16)8(6)12(2)3/h4-5H,1-3H3. The van der Waals surface area contributed by atoms with Gasteiger partial charge in [-0.05, 0) is 30.2 Å². The van der Waals surface area contributed by atoms with Crippen LogP contribution in [-0.4, -0.2) is 24.3 Å². The number of halogens is 1. The summed E-state index contributed by atoms with van der Waals surface area (Å²) in [7, 11) is 3.36. The van der Waals surface area contributed by atoms with E-state index in [1.165, 1.54) is 6.07 Å². The molecule has 0 unspecified atom stereocenters. The van der Waals surface area contributed by atoms with E-state index in [0.717, 1.165) is 5.56 Å². The molecule has 0 radical (unpaired) electrons. The van der Waals surface area contributed by atoms with Crippen LogP contribution in [0.25, 0.3) is 0 Å². The summed E-state index contributed by atoms with van der Waals surface area (Å²) in [5.41, 5.74) is 0.792. The first-order valence-corrected chi connectivity index (χ1v) is 4.89. The maximum Gasteiger partial charge on any atom is 0.304 e. The zero-order chi connectivity index (χ0) is 12.5. The Balaban J connectivity index is 3.63. The van der Waals surface area contributed by atoms with E-state index in [-0.39, 0.29) is 11.3 Å². The molecule has 0 spiro atoms. The number of rotatable bonds is 3. The minimum absolute atomic E-state index is 0.0824. The Morgan fingerprint density at radius 3 is 2.38 bits per heavy atom. The van der Waals surface area contributed by atoms with Crippen molar-refractivity contribution in [3.8, 4) is 0 Å². The molecule has 0 saturated heterocycles. The molecular formula is C10H11ClN2O3. The first kappa shape index (κ1) is 12.4. The van der Waals surface area contributed by atoms with Crippen LogP contribution >= 0.6 is 11.6 Å². The Labute approximate surface area is 97.8 Å². The number of benzene rings is 1. The van der Waals surface area contributed by atoms with Crippen LogP contribution in [0.3, 0.4) is 0 Å². The second-order valence-electron chi connectivity index (χ2n) is 3.55. The molecule has 1 aromatic rings. The Morgan fingerprint density at radius 2 is 2.00 bits per heavy atom. The van der Waals surface area contributed by atoms with Crippen molar-refractivity contribution in [1.82, 2.24) is 0 Å². The number of anilines is 1. The molecule has 0 aromatic heterocycles. The first-order valence-electron chi connectivity index (χ1n) is 4.51. The minimum Gasteiger partial charge on any atom is -0.372 e. The molecule has 0 aliphatic heterocycles. The minimum atomic E-state index is -0.824. The Morgan fingerprint density at radius 1 is 1.44 bits per heavy atom. The molecule has 0 atom stereocenters. The van der Waals surface area contributed by atoms with Crippen molar-refractivity contribution < 1.29 is 9.72 Å². The van der Waals surface area contributed by atoms with E-state index in [0.29, 0.717) is 5.69 Å². The Bertz CT molecular complexity index is 458. The average Bonchev–Trinajstić information content (AvgIpc) is 2.15. The van der Waals surface area contributed by atoms with E-state index in [4.69, 9.17) is 11.6 Å². The third-order valence-electron chi connectivity index (χ3n) is 2.19. The normalized spacial score (nSPS) is 10.0. The number of hydrogen-bond acceptors (Lipinski definition) is 4. The van der Waals surface area contributed by atoms with E-state index in [2.05, 4.69) is 0 Å². The van der Waals surface area contributed by atoms with E-state index in [1.54, 1.807) is 32.0 Å². The van der Waals surface area contributed by atoms with Crippen LogP contribution in [0.2, 0.25) is 0 Å². The number of carbonyl (C=O) groups is 1. The number of nitrogens with zero attached hydrogens (tertiary/aromatic N) is 2. The van der Waals surface area contributed by atoms with E-state index in [9.17, 15) is 14.9 Å². The Kier molecular flexibility index (Phi) is 3.49. The first-order chi connectivity index (χ1) is 7.36. The Hall–Kier alpha value is -1.62. The lowest BCUT2D eigenvalue weighted by atomic mass is 10.1. The van der Waals surface area contributed by atoms with Gasteiger partial charge < -0.3 is 4.90 Å². The highest BCUT2D eigenvalue weighted by Gasteiger charge is 2.26. The van der Waals surface area contributed by atoms with Gasteiger partial charge in [-0.25, -0.2) is 0 Å². The molecule has 1 rings (SSSR count). The van der Waals surface area contributed by atoms with Gasteiger partial charge in [0.05, 0.1) is 4.92 Å². The molecule has 0 amide bonds. The topological polar surface area (TPSA) is 63.4 Å². The molecule has 0 saturated carbocycles. The van der Waals surface area contributed by atoms with Gasteiger partial charge in [0.1, 0.15) is 11.3 Å². The summed E-state index contributed by atoms with van der Waals surface area (Å²) < 4.78 is 0. The smallest absolute Gasteiger partial charge is 0.304 e. The molecule has 0 bridgehead atoms. The van der Waals surface area contributed by atoms with Crippen molar-refractivity contribution in [2.24, 2.45) is 0 Å². The van der Waals surface area contributed by atoms with Gasteiger partial charge in [-0.1, -0.05) is 6.07 Å². The fourth-order valence-electron chi connectivity index (χ4n) is 1.59. The molecule has 0 N–H and O–H groups in total. The fraction of sp³-hybridized carbons (Fsp3) is 0.300. The van der Waals surface area contributed by atoms with Crippen molar-refractivity contribution in [1.29, 1.82) is 0 Å². The second-order valence-corrected chi connectivity index (χ2v) is 3.90. The van der Waals surface area contributed by atoms with Crippen LogP contribution in [0.4, 0.5) is 11.4 Å². The summed E-state index contributed by atoms with van der Waals surface area (Å²) in [5.74, 6) is 0. The summed E-state index contributed by atoms with van der Waals surface area (Å²) in [5, 5.41) is 10.1. The lowest BCUT2D eigenvalue weighted by Crippen LogP contribution is -2.14. The van der Waals surface area contributed by atoms with Crippen molar-refractivity contribution >= 4 is 28.2 Å². The van der Waals surface area contributed by atoms with Gasteiger partial charge in [0.15, 0.2) is 0 Å². The van der Waals surface area contributed by atoms with Crippen molar-refractivity contribution in [3.63, 3.8) is 0 Å². The van der Waals surface area contributed by atoms with Crippen LogP contribution in [-0.2, 0) is 0 Å². The summed E-state index contributed by atoms with van der Waals surface area (Å²) >= 11 is 5.32. The van der Waals surface area contributed by atoms with Crippen LogP contribution in [0.5, 0.6) is 0 Å². The van der Waals surface area contributed by atoms with E-state index in [1.807, 2.05) is 0 Å². The molecule has 0 aliphatic carbocycles. The van der Waals surface area contributed by atoms with Gasteiger partial charge in [0.2, 0.25) is 0 Å². The summed E-state index contributed by atoms with van der Waals surface area (Å²) in [4.78, 5) is 23.1. The van der Waals surface area contributed by atoms with E-state index >= 15 is 0 Å². The molecule has 5 nitrogen and oxygen atoms in total. The van der Waals surface area contributed by atoms with Crippen LogP contribution in [0.15, 0.2) is 12.1 Å². The third kappa shape index (κ3) is 2.14. The molecule has 86 valence electrons. The third-order valence-corrected chi connectivity index (χ3v) is 2.40. The van der Waals surface area contributed by atoms with Crippen molar-refractivity contribution in [2.75, 3.05) is 19.0 Å². The number of hydrogen-bond donors (Lipinski definition) is 0. The average molecular weight is 243 g/mol. The summed E-state index contributed by atoms with van der Waals surface area (Å²) in [6.07, 6.45) is 0. The van der Waals surface area contributed by atoms with Crippen LogP contribution in [0.1, 0.15) is 15.9 Å². The molecule has 1 aromatic carbocycles. The largest absolute Gasteiger partial charge is 0.372 e. The number of carbonyl (C=O) groups excluding carboxylic acids is 1. The predicted molar refractivity (Wildman–Crippen MR) is 62.3 cm³/mol. The quantitative estimate of drug-likeness (QED) is 0.464. The monoisotopic (exact) mass is 242 g/mol. The van der Waals surface area contributed by atoms with Gasteiger partial charge in [0, 0.05) is 14.1 Å². The molecule has 0 fully saturated rings.